The average molecular weight is 357 g/mol. The third kappa shape index (κ3) is 4.73. The van der Waals surface area contributed by atoms with Crippen molar-refractivity contribution < 1.29 is 23.8 Å². The van der Waals surface area contributed by atoms with Gasteiger partial charge in [-0.05, 0) is 24.3 Å². The fraction of sp³-hybridized carbons (Fsp3) is 0.167. The third-order valence-corrected chi connectivity index (χ3v) is 3.30. The van der Waals surface area contributed by atoms with Crippen molar-refractivity contribution in [2.24, 2.45) is 5.10 Å². The molecule has 0 unspecified atom stereocenters. The van der Waals surface area contributed by atoms with Crippen molar-refractivity contribution in [1.29, 1.82) is 0 Å². The number of nitrogens with one attached hydrogen (secondary N) is 2. The van der Waals surface area contributed by atoms with Crippen LogP contribution in [0.25, 0.3) is 0 Å². The summed E-state index contributed by atoms with van der Waals surface area (Å²) in [5.41, 5.74) is 3.26. The molecule has 26 heavy (non-hydrogen) atoms. The Hall–Kier alpha value is -3.55. The molecule has 0 atom stereocenters. The molecule has 0 heterocycles. The summed E-state index contributed by atoms with van der Waals surface area (Å²) in [5.74, 6) is -0.378. The number of carbonyl (C=O) groups excluding carboxylic acids is 2. The van der Waals surface area contributed by atoms with E-state index in [0.717, 1.165) is 0 Å². The molecule has 0 fully saturated rings. The minimum absolute atomic E-state index is 0.443. The van der Waals surface area contributed by atoms with Gasteiger partial charge in [0.2, 0.25) is 5.75 Å². The minimum Gasteiger partial charge on any atom is -0.493 e. The van der Waals surface area contributed by atoms with Crippen LogP contribution in [0, 0.1) is 0 Å². The maximum atomic E-state index is 11.8. The van der Waals surface area contributed by atoms with Crippen molar-refractivity contribution in [2.45, 2.75) is 0 Å². The van der Waals surface area contributed by atoms with Gasteiger partial charge in [-0.15, -0.1) is 0 Å². The summed E-state index contributed by atoms with van der Waals surface area (Å²) in [5, 5.41) is 6.23. The predicted octanol–water partition coefficient (Wildman–Crippen LogP) is 1.80. The summed E-state index contributed by atoms with van der Waals surface area (Å²) in [6, 6.07) is 11.9. The van der Waals surface area contributed by atoms with Gasteiger partial charge in [-0.3, -0.25) is 9.59 Å². The van der Waals surface area contributed by atoms with E-state index in [0.29, 0.717) is 28.5 Å². The van der Waals surface area contributed by atoms with Crippen LogP contribution in [0.5, 0.6) is 17.2 Å². The van der Waals surface area contributed by atoms with E-state index in [1.165, 1.54) is 27.5 Å². The highest BCUT2D eigenvalue weighted by atomic mass is 16.5. The first-order chi connectivity index (χ1) is 12.6. The highest BCUT2D eigenvalue weighted by Gasteiger charge is 2.14. The van der Waals surface area contributed by atoms with Crippen LogP contribution >= 0.6 is 0 Å². The lowest BCUT2D eigenvalue weighted by molar-refractivity contribution is -0.136. The molecule has 2 amide bonds. The zero-order chi connectivity index (χ0) is 18.9. The van der Waals surface area contributed by atoms with Crippen molar-refractivity contribution in [2.75, 3.05) is 26.6 Å². The van der Waals surface area contributed by atoms with Gasteiger partial charge in [0.15, 0.2) is 11.5 Å². The van der Waals surface area contributed by atoms with Gasteiger partial charge in [0.25, 0.3) is 0 Å². The van der Waals surface area contributed by atoms with Crippen molar-refractivity contribution in [3.05, 3.63) is 48.0 Å². The Balaban J connectivity index is 2.03. The van der Waals surface area contributed by atoms with Gasteiger partial charge in [0.05, 0.1) is 27.5 Å². The summed E-state index contributed by atoms with van der Waals surface area (Å²) < 4.78 is 15.7. The lowest BCUT2D eigenvalue weighted by Gasteiger charge is -2.12. The molecular weight excluding hydrogens is 338 g/mol. The number of ether oxygens (including phenoxy) is 3. The van der Waals surface area contributed by atoms with Crippen molar-refractivity contribution in [3.8, 4) is 17.2 Å². The molecule has 0 aromatic heterocycles. The molecule has 2 aromatic carbocycles. The summed E-state index contributed by atoms with van der Waals surface area (Å²) in [6.07, 6.45) is 1.36. The summed E-state index contributed by atoms with van der Waals surface area (Å²) in [4.78, 5) is 23.6. The molecule has 136 valence electrons. The molecule has 0 saturated heterocycles. The summed E-state index contributed by atoms with van der Waals surface area (Å²) in [6.45, 7) is 0. The fourth-order valence-electron chi connectivity index (χ4n) is 2.10. The molecule has 0 spiro atoms. The number of hydrazone groups is 1. The number of benzene rings is 2. The second-order valence-corrected chi connectivity index (χ2v) is 4.98. The summed E-state index contributed by atoms with van der Waals surface area (Å²) in [7, 11) is 4.49. The Morgan fingerprint density at radius 2 is 1.54 bits per heavy atom. The maximum absolute atomic E-state index is 11.8. The van der Waals surface area contributed by atoms with Gasteiger partial charge in [-0.25, -0.2) is 5.43 Å². The highest BCUT2D eigenvalue weighted by Crippen LogP contribution is 2.37. The highest BCUT2D eigenvalue weighted by molar-refractivity contribution is 6.39. The molecule has 8 heteroatoms. The van der Waals surface area contributed by atoms with Crippen LogP contribution in [0.1, 0.15) is 5.56 Å². The van der Waals surface area contributed by atoms with E-state index in [1.54, 1.807) is 42.5 Å². The van der Waals surface area contributed by atoms with Crippen LogP contribution < -0.4 is 25.0 Å². The van der Waals surface area contributed by atoms with Crippen molar-refractivity contribution >= 4 is 23.7 Å². The van der Waals surface area contributed by atoms with Crippen LogP contribution in [0.4, 0.5) is 5.69 Å². The number of amides is 2. The number of rotatable bonds is 6. The third-order valence-electron chi connectivity index (χ3n) is 3.30. The second kappa shape index (κ2) is 9.07. The zero-order valence-corrected chi connectivity index (χ0v) is 14.6. The standard InChI is InChI=1S/C18H19N3O5/c1-24-14-9-12(10-15(25-2)16(14)26-3)11-19-21-18(23)17(22)20-13-7-5-4-6-8-13/h4-11H,1-3H3,(H,20,22)(H,21,23)/b19-11+. The number of hydrogen-bond donors (Lipinski definition) is 2. The lowest BCUT2D eigenvalue weighted by atomic mass is 10.2. The van der Waals surface area contributed by atoms with Crippen LogP contribution in [-0.4, -0.2) is 39.4 Å². The SMILES string of the molecule is COc1cc(/C=N/NC(=O)C(=O)Nc2ccccc2)cc(OC)c1OC. The first kappa shape index (κ1) is 18.8. The van der Waals surface area contributed by atoms with Crippen molar-refractivity contribution in [3.63, 3.8) is 0 Å². The molecule has 2 aromatic rings. The quantitative estimate of drug-likeness (QED) is 0.467. The van der Waals surface area contributed by atoms with E-state index in [9.17, 15) is 9.59 Å². The topological polar surface area (TPSA) is 98.2 Å². The van der Waals surface area contributed by atoms with Crippen LogP contribution in [0.15, 0.2) is 47.6 Å². The van der Waals surface area contributed by atoms with E-state index in [-0.39, 0.29) is 0 Å². The van der Waals surface area contributed by atoms with E-state index >= 15 is 0 Å². The number of methoxy groups -OCH3 is 3. The number of hydrogen-bond acceptors (Lipinski definition) is 6. The number of anilines is 1. The van der Waals surface area contributed by atoms with Gasteiger partial charge in [0.1, 0.15) is 0 Å². The molecule has 8 nitrogen and oxygen atoms in total. The smallest absolute Gasteiger partial charge is 0.329 e. The predicted molar refractivity (Wildman–Crippen MR) is 96.9 cm³/mol. The Morgan fingerprint density at radius 1 is 0.923 bits per heavy atom. The fourth-order valence-corrected chi connectivity index (χ4v) is 2.10. The molecular formula is C18H19N3O5. The molecule has 2 rings (SSSR count). The van der Waals surface area contributed by atoms with E-state index in [2.05, 4.69) is 15.8 Å². The normalized spacial score (nSPS) is 10.3. The molecule has 0 radical (unpaired) electrons. The maximum Gasteiger partial charge on any atom is 0.329 e. The van der Waals surface area contributed by atoms with Gasteiger partial charge < -0.3 is 19.5 Å². The molecule has 0 aliphatic heterocycles. The van der Waals surface area contributed by atoms with Crippen LogP contribution in [0.2, 0.25) is 0 Å². The number of nitrogens with zero attached hydrogens (tertiary/aromatic N) is 1. The summed E-state index contributed by atoms with van der Waals surface area (Å²) >= 11 is 0. The zero-order valence-electron chi connectivity index (χ0n) is 14.6. The monoisotopic (exact) mass is 357 g/mol. The van der Waals surface area contributed by atoms with E-state index in [1.807, 2.05) is 0 Å². The molecule has 0 saturated carbocycles. The van der Waals surface area contributed by atoms with Crippen LogP contribution in [0.3, 0.4) is 0 Å². The molecule has 0 bridgehead atoms. The Bertz CT molecular complexity index is 781. The Morgan fingerprint density at radius 3 is 2.08 bits per heavy atom. The van der Waals surface area contributed by atoms with Gasteiger partial charge in [-0.1, -0.05) is 18.2 Å². The molecule has 0 aliphatic rings. The Kier molecular flexibility index (Phi) is 6.55. The van der Waals surface area contributed by atoms with E-state index in [4.69, 9.17) is 14.2 Å². The van der Waals surface area contributed by atoms with Gasteiger partial charge >= 0.3 is 11.8 Å². The first-order valence-electron chi connectivity index (χ1n) is 7.58. The largest absolute Gasteiger partial charge is 0.493 e. The van der Waals surface area contributed by atoms with Gasteiger partial charge in [-0.2, -0.15) is 5.10 Å². The van der Waals surface area contributed by atoms with Crippen LogP contribution in [-0.2, 0) is 9.59 Å². The number of carbonyl (C=O) groups is 2. The number of para-hydroxylation sites is 1. The minimum atomic E-state index is -0.891. The average Bonchev–Trinajstić information content (AvgIpc) is 2.67. The lowest BCUT2D eigenvalue weighted by Crippen LogP contribution is -2.32. The Labute approximate surface area is 150 Å². The van der Waals surface area contributed by atoms with Gasteiger partial charge in [0, 0.05) is 11.3 Å². The molecule has 2 N–H and O–H groups in total. The van der Waals surface area contributed by atoms with Crippen molar-refractivity contribution in [1.82, 2.24) is 5.43 Å². The first-order valence-corrected chi connectivity index (χ1v) is 7.58. The molecule has 0 aliphatic carbocycles. The second-order valence-electron chi connectivity index (χ2n) is 4.98. The van der Waals surface area contributed by atoms with E-state index < -0.39 is 11.8 Å².